The fraction of sp³-hybridized carbons (Fsp3) is 0.714. The van der Waals surface area contributed by atoms with Crippen molar-refractivity contribution in [1.29, 1.82) is 0 Å². The van der Waals surface area contributed by atoms with Crippen molar-refractivity contribution in [3.8, 4) is 0 Å². The summed E-state index contributed by atoms with van der Waals surface area (Å²) in [5.74, 6) is 3.48. The summed E-state index contributed by atoms with van der Waals surface area (Å²) in [5.41, 5.74) is 1.10. The number of nitrogens with one attached hydrogen (secondary N) is 2. The first-order chi connectivity index (χ1) is 9.26. The van der Waals surface area contributed by atoms with Gasteiger partial charge in [-0.1, -0.05) is 0 Å². The quantitative estimate of drug-likeness (QED) is 0.707. The van der Waals surface area contributed by atoms with Gasteiger partial charge in [-0.15, -0.1) is 0 Å². The Kier molecular flexibility index (Phi) is 4.96. The summed E-state index contributed by atoms with van der Waals surface area (Å²) in [6.07, 6.45) is 3.42. The zero-order valence-electron chi connectivity index (χ0n) is 12.1. The molecule has 1 saturated carbocycles. The van der Waals surface area contributed by atoms with Crippen molar-refractivity contribution in [3.05, 3.63) is 11.4 Å². The van der Waals surface area contributed by atoms with Crippen LogP contribution in [-0.4, -0.2) is 36.8 Å². The van der Waals surface area contributed by atoms with Crippen molar-refractivity contribution >= 4 is 11.6 Å². The summed E-state index contributed by atoms with van der Waals surface area (Å²) >= 11 is 0. The minimum atomic E-state index is 0.567. The third-order valence-corrected chi connectivity index (χ3v) is 3.27. The number of rotatable bonds is 8. The molecule has 2 rings (SSSR count). The Hall–Kier alpha value is -1.36. The van der Waals surface area contributed by atoms with Crippen LogP contribution in [-0.2, 0) is 4.74 Å². The molecule has 0 spiro atoms. The topological polar surface area (TPSA) is 59.1 Å². The van der Waals surface area contributed by atoms with E-state index in [2.05, 4.69) is 34.4 Å². The van der Waals surface area contributed by atoms with E-state index in [0.717, 1.165) is 49.1 Å². The Labute approximate surface area is 115 Å². The zero-order valence-corrected chi connectivity index (χ0v) is 12.1. The summed E-state index contributed by atoms with van der Waals surface area (Å²) in [5, 5.41) is 6.72. The molecule has 1 heterocycles. The standard InChI is InChI=1S/C14H24N4O/c1-4-15-12-10(2)13(16-8-5-9-19-3)18-14(17-12)11-6-7-11/h11H,4-9H2,1-3H3,(H2,15,16,17,18). The van der Waals surface area contributed by atoms with Gasteiger partial charge >= 0.3 is 0 Å². The molecule has 0 radical (unpaired) electrons. The number of anilines is 2. The molecule has 1 aromatic rings. The second-order valence-corrected chi connectivity index (χ2v) is 4.98. The highest BCUT2D eigenvalue weighted by atomic mass is 16.5. The van der Waals surface area contributed by atoms with Gasteiger partial charge in [-0.3, -0.25) is 0 Å². The molecule has 0 unspecified atom stereocenters. The van der Waals surface area contributed by atoms with Crippen LogP contribution in [0.2, 0.25) is 0 Å². The predicted molar refractivity (Wildman–Crippen MR) is 77.9 cm³/mol. The number of hydrogen-bond acceptors (Lipinski definition) is 5. The van der Waals surface area contributed by atoms with E-state index < -0.39 is 0 Å². The molecule has 19 heavy (non-hydrogen) atoms. The van der Waals surface area contributed by atoms with Gasteiger partial charge in [-0.2, -0.15) is 0 Å². The Morgan fingerprint density at radius 3 is 2.47 bits per heavy atom. The largest absolute Gasteiger partial charge is 0.385 e. The maximum absolute atomic E-state index is 5.06. The van der Waals surface area contributed by atoms with Crippen LogP contribution in [0.25, 0.3) is 0 Å². The maximum atomic E-state index is 5.06. The molecule has 2 N–H and O–H groups in total. The van der Waals surface area contributed by atoms with Crippen molar-refractivity contribution in [3.63, 3.8) is 0 Å². The summed E-state index contributed by atoms with van der Waals surface area (Å²) < 4.78 is 5.06. The first-order valence-corrected chi connectivity index (χ1v) is 7.11. The number of ether oxygens (including phenoxy) is 1. The third-order valence-electron chi connectivity index (χ3n) is 3.27. The van der Waals surface area contributed by atoms with Gasteiger partial charge in [0.2, 0.25) is 0 Å². The molecule has 1 aromatic heterocycles. The predicted octanol–water partition coefficient (Wildman–Crippen LogP) is 2.54. The van der Waals surface area contributed by atoms with Crippen LogP contribution in [0.3, 0.4) is 0 Å². The molecule has 0 saturated heterocycles. The SMILES string of the molecule is CCNc1nc(C2CC2)nc(NCCCOC)c1C. The van der Waals surface area contributed by atoms with Gasteiger partial charge in [0, 0.05) is 38.3 Å². The monoisotopic (exact) mass is 264 g/mol. The van der Waals surface area contributed by atoms with Crippen molar-refractivity contribution in [1.82, 2.24) is 9.97 Å². The molecule has 5 heteroatoms. The van der Waals surface area contributed by atoms with E-state index in [0.29, 0.717) is 5.92 Å². The molecule has 106 valence electrons. The zero-order chi connectivity index (χ0) is 13.7. The van der Waals surface area contributed by atoms with Gasteiger partial charge in [-0.25, -0.2) is 9.97 Å². The van der Waals surface area contributed by atoms with Crippen LogP contribution < -0.4 is 10.6 Å². The van der Waals surface area contributed by atoms with Crippen LogP contribution in [0.15, 0.2) is 0 Å². The van der Waals surface area contributed by atoms with Gasteiger partial charge in [0.15, 0.2) is 0 Å². The third kappa shape index (κ3) is 3.80. The molecule has 1 aliphatic carbocycles. The average Bonchev–Trinajstić information content (AvgIpc) is 3.23. The number of methoxy groups -OCH3 is 1. The molecular formula is C14H24N4O. The lowest BCUT2D eigenvalue weighted by Gasteiger charge is -2.14. The fourth-order valence-corrected chi connectivity index (χ4v) is 1.99. The van der Waals surface area contributed by atoms with Crippen molar-refractivity contribution in [2.75, 3.05) is 37.4 Å². The van der Waals surface area contributed by atoms with Crippen LogP contribution in [0, 0.1) is 6.92 Å². The fourth-order valence-electron chi connectivity index (χ4n) is 1.99. The van der Waals surface area contributed by atoms with E-state index in [-0.39, 0.29) is 0 Å². The Morgan fingerprint density at radius 2 is 1.89 bits per heavy atom. The van der Waals surface area contributed by atoms with Crippen LogP contribution in [0.4, 0.5) is 11.6 Å². The van der Waals surface area contributed by atoms with E-state index in [1.54, 1.807) is 7.11 Å². The van der Waals surface area contributed by atoms with Gasteiger partial charge in [0.05, 0.1) is 0 Å². The van der Waals surface area contributed by atoms with Gasteiger partial charge in [0.25, 0.3) is 0 Å². The van der Waals surface area contributed by atoms with E-state index in [4.69, 9.17) is 4.74 Å². The van der Waals surface area contributed by atoms with E-state index >= 15 is 0 Å². The lowest BCUT2D eigenvalue weighted by molar-refractivity contribution is 0.197. The van der Waals surface area contributed by atoms with Crippen molar-refractivity contribution in [2.24, 2.45) is 0 Å². The summed E-state index contributed by atoms with van der Waals surface area (Å²) in [6.45, 7) is 6.68. The molecule has 0 atom stereocenters. The van der Waals surface area contributed by atoms with Crippen LogP contribution in [0.5, 0.6) is 0 Å². The number of nitrogens with zero attached hydrogens (tertiary/aromatic N) is 2. The molecule has 0 amide bonds. The van der Waals surface area contributed by atoms with Crippen LogP contribution >= 0.6 is 0 Å². The van der Waals surface area contributed by atoms with Gasteiger partial charge in [-0.05, 0) is 33.1 Å². The highest BCUT2D eigenvalue weighted by Gasteiger charge is 2.28. The maximum Gasteiger partial charge on any atom is 0.136 e. The molecular weight excluding hydrogens is 240 g/mol. The normalized spacial score (nSPS) is 14.5. The Morgan fingerprint density at radius 1 is 1.21 bits per heavy atom. The average molecular weight is 264 g/mol. The molecule has 0 aliphatic heterocycles. The first kappa shape index (κ1) is 14.1. The molecule has 0 bridgehead atoms. The van der Waals surface area contributed by atoms with Crippen molar-refractivity contribution in [2.45, 2.75) is 39.0 Å². The highest BCUT2D eigenvalue weighted by molar-refractivity contribution is 5.57. The number of hydrogen-bond donors (Lipinski definition) is 2. The Balaban J connectivity index is 2.10. The molecule has 1 aliphatic rings. The minimum absolute atomic E-state index is 0.567. The lowest BCUT2D eigenvalue weighted by atomic mass is 10.2. The minimum Gasteiger partial charge on any atom is -0.385 e. The van der Waals surface area contributed by atoms with E-state index in [1.165, 1.54) is 12.8 Å². The van der Waals surface area contributed by atoms with E-state index in [9.17, 15) is 0 Å². The number of aromatic nitrogens is 2. The van der Waals surface area contributed by atoms with Crippen molar-refractivity contribution < 1.29 is 4.74 Å². The second-order valence-electron chi connectivity index (χ2n) is 4.98. The molecule has 1 fully saturated rings. The van der Waals surface area contributed by atoms with E-state index in [1.807, 2.05) is 0 Å². The molecule has 5 nitrogen and oxygen atoms in total. The van der Waals surface area contributed by atoms with Gasteiger partial charge < -0.3 is 15.4 Å². The lowest BCUT2D eigenvalue weighted by Crippen LogP contribution is -2.12. The smallest absolute Gasteiger partial charge is 0.136 e. The Bertz CT molecular complexity index is 418. The highest BCUT2D eigenvalue weighted by Crippen LogP contribution is 2.39. The summed E-state index contributed by atoms with van der Waals surface area (Å²) in [4.78, 5) is 9.31. The molecule has 0 aromatic carbocycles. The van der Waals surface area contributed by atoms with Crippen LogP contribution in [0.1, 0.15) is 43.5 Å². The summed E-state index contributed by atoms with van der Waals surface area (Å²) in [7, 11) is 1.73. The second kappa shape index (κ2) is 6.70. The van der Waals surface area contributed by atoms with Gasteiger partial charge in [0.1, 0.15) is 17.5 Å². The first-order valence-electron chi connectivity index (χ1n) is 7.11. The summed E-state index contributed by atoms with van der Waals surface area (Å²) in [6, 6.07) is 0.